The van der Waals surface area contributed by atoms with E-state index < -0.39 is 0 Å². The third-order valence-corrected chi connectivity index (χ3v) is 5.28. The van der Waals surface area contributed by atoms with Crippen LogP contribution in [0, 0.1) is 0 Å². The van der Waals surface area contributed by atoms with E-state index in [1.165, 1.54) is 18.7 Å². The predicted octanol–water partition coefficient (Wildman–Crippen LogP) is 3.31. The fraction of sp³-hybridized carbons (Fsp3) is 0.294. The van der Waals surface area contributed by atoms with Crippen LogP contribution in [0.2, 0.25) is 0 Å². The third kappa shape index (κ3) is 0.818. The van der Waals surface area contributed by atoms with E-state index in [1.54, 1.807) is 11.1 Å². The van der Waals surface area contributed by atoms with Crippen molar-refractivity contribution in [2.24, 2.45) is 0 Å². The molecule has 1 saturated carbocycles. The van der Waals surface area contributed by atoms with Crippen LogP contribution in [-0.2, 0) is 5.41 Å². The fourth-order valence-electron chi connectivity index (χ4n) is 4.60. The first kappa shape index (κ1) is 9.21. The maximum Gasteiger partial charge on any atom is 0.0472 e. The second-order valence-electron chi connectivity index (χ2n) is 5.83. The van der Waals surface area contributed by atoms with E-state index in [9.17, 15) is 0 Å². The quantitative estimate of drug-likeness (QED) is 0.730. The van der Waals surface area contributed by atoms with Gasteiger partial charge >= 0.3 is 0 Å². The van der Waals surface area contributed by atoms with Crippen molar-refractivity contribution in [2.45, 2.75) is 23.8 Å². The SMILES string of the molecule is c1ccc([C@]23CCN4c5ccccc5[C@H]2[C@@H]43)cc1. The number of para-hydroxylation sites is 1. The van der Waals surface area contributed by atoms with E-state index in [-0.39, 0.29) is 0 Å². The van der Waals surface area contributed by atoms with Crippen molar-refractivity contribution in [3.8, 4) is 0 Å². The second kappa shape index (κ2) is 2.80. The zero-order valence-electron chi connectivity index (χ0n) is 10.2. The summed E-state index contributed by atoms with van der Waals surface area (Å²) in [6.07, 6.45) is 1.32. The van der Waals surface area contributed by atoms with E-state index >= 15 is 0 Å². The Morgan fingerprint density at radius 3 is 2.61 bits per heavy atom. The number of hydrogen-bond donors (Lipinski definition) is 0. The number of hydrogen-bond acceptors (Lipinski definition) is 1. The average Bonchev–Trinajstić information content (AvgIpc) is 2.82. The van der Waals surface area contributed by atoms with Gasteiger partial charge in [0.2, 0.25) is 0 Å². The Labute approximate surface area is 107 Å². The molecular weight excluding hydrogens is 218 g/mol. The highest BCUT2D eigenvalue weighted by molar-refractivity contribution is 5.74. The number of fused-ring (bicyclic) bond motifs is 4. The van der Waals surface area contributed by atoms with Crippen LogP contribution < -0.4 is 4.90 Å². The minimum absolute atomic E-state index is 0.440. The van der Waals surface area contributed by atoms with Crippen molar-refractivity contribution >= 4 is 5.69 Å². The van der Waals surface area contributed by atoms with Gasteiger partial charge in [0.1, 0.15) is 0 Å². The molecule has 2 aromatic rings. The predicted molar refractivity (Wildman–Crippen MR) is 73.1 cm³/mol. The lowest BCUT2D eigenvalue weighted by atomic mass is 9.88. The van der Waals surface area contributed by atoms with E-state index in [0.29, 0.717) is 5.41 Å². The van der Waals surface area contributed by atoms with E-state index in [4.69, 9.17) is 0 Å². The summed E-state index contributed by atoms with van der Waals surface area (Å²) in [6, 6.07) is 20.9. The second-order valence-corrected chi connectivity index (χ2v) is 5.83. The van der Waals surface area contributed by atoms with Crippen LogP contribution in [0.1, 0.15) is 23.5 Å². The minimum Gasteiger partial charge on any atom is -0.367 e. The lowest BCUT2D eigenvalue weighted by Gasteiger charge is -2.19. The van der Waals surface area contributed by atoms with Crippen LogP contribution in [0.3, 0.4) is 0 Å². The molecule has 18 heavy (non-hydrogen) atoms. The van der Waals surface area contributed by atoms with Crippen LogP contribution >= 0.6 is 0 Å². The summed E-state index contributed by atoms with van der Waals surface area (Å²) in [5.74, 6) is 0.754. The molecule has 0 spiro atoms. The summed E-state index contributed by atoms with van der Waals surface area (Å²) in [5.41, 5.74) is 5.08. The molecule has 1 nitrogen and oxygen atoms in total. The van der Waals surface area contributed by atoms with Gasteiger partial charge in [-0.15, -0.1) is 0 Å². The molecule has 0 unspecified atom stereocenters. The molecule has 1 heteroatoms. The number of rotatable bonds is 1. The first-order valence-electron chi connectivity index (χ1n) is 6.84. The Morgan fingerprint density at radius 1 is 0.944 bits per heavy atom. The molecule has 2 aromatic carbocycles. The zero-order chi connectivity index (χ0) is 11.7. The Kier molecular flexibility index (Phi) is 1.43. The molecule has 2 aliphatic heterocycles. The molecule has 3 atom stereocenters. The fourth-order valence-corrected chi connectivity index (χ4v) is 4.60. The summed E-state index contributed by atoms with van der Waals surface area (Å²) in [6.45, 7) is 1.23. The van der Waals surface area contributed by atoms with Gasteiger partial charge in [-0.2, -0.15) is 0 Å². The highest BCUT2D eigenvalue weighted by Crippen LogP contribution is 2.73. The van der Waals surface area contributed by atoms with Crippen LogP contribution in [-0.4, -0.2) is 12.6 Å². The standard InChI is InChI=1S/C17H15N/c1-2-6-12(7-3-1)17-10-11-18-14-9-5-4-8-13(14)15(17)16(17)18/h1-9,15-16H,10-11H2/t15-,16+,17+/m0/s1. The number of piperidine rings is 1. The van der Waals surface area contributed by atoms with Crippen molar-refractivity contribution in [3.05, 3.63) is 65.7 Å². The highest BCUT2D eigenvalue weighted by atomic mass is 15.3. The zero-order valence-corrected chi connectivity index (χ0v) is 10.2. The summed E-state index contributed by atoms with van der Waals surface area (Å²) >= 11 is 0. The smallest absolute Gasteiger partial charge is 0.0472 e. The van der Waals surface area contributed by atoms with E-state index in [2.05, 4.69) is 59.5 Å². The molecule has 88 valence electrons. The molecular formula is C17H15N. The molecule has 0 aromatic heterocycles. The van der Waals surface area contributed by atoms with Gasteiger partial charge in [-0.3, -0.25) is 0 Å². The number of anilines is 1. The van der Waals surface area contributed by atoms with Gasteiger partial charge in [0.25, 0.3) is 0 Å². The van der Waals surface area contributed by atoms with Gasteiger partial charge in [0.15, 0.2) is 0 Å². The van der Waals surface area contributed by atoms with Gasteiger partial charge < -0.3 is 4.90 Å². The van der Waals surface area contributed by atoms with E-state index in [1.807, 2.05) is 0 Å². The van der Waals surface area contributed by atoms with Crippen LogP contribution in [0.25, 0.3) is 0 Å². The summed E-state index contributed by atoms with van der Waals surface area (Å²) < 4.78 is 0. The molecule has 5 rings (SSSR count). The van der Waals surface area contributed by atoms with Crippen LogP contribution in [0.15, 0.2) is 54.6 Å². The van der Waals surface area contributed by atoms with Gasteiger partial charge in [-0.1, -0.05) is 48.5 Å². The number of benzene rings is 2. The lowest BCUT2D eigenvalue weighted by molar-refractivity contribution is 0.659. The van der Waals surface area contributed by atoms with Crippen molar-refractivity contribution < 1.29 is 0 Å². The molecule has 2 fully saturated rings. The third-order valence-electron chi connectivity index (χ3n) is 5.28. The molecule has 0 amide bonds. The maximum absolute atomic E-state index is 2.65. The average molecular weight is 233 g/mol. The summed E-state index contributed by atoms with van der Waals surface area (Å²) in [4.78, 5) is 2.65. The Hall–Kier alpha value is -1.76. The molecule has 2 heterocycles. The Balaban J connectivity index is 1.70. The molecule has 0 radical (unpaired) electrons. The van der Waals surface area contributed by atoms with E-state index in [0.717, 1.165) is 12.0 Å². The van der Waals surface area contributed by atoms with Crippen LogP contribution in [0.5, 0.6) is 0 Å². The normalized spacial score (nSPS) is 34.3. The molecule has 0 N–H and O–H groups in total. The minimum atomic E-state index is 0.440. The van der Waals surface area contributed by atoms with Crippen molar-refractivity contribution in [1.82, 2.24) is 0 Å². The lowest BCUT2D eigenvalue weighted by Crippen LogP contribution is -2.20. The van der Waals surface area contributed by atoms with Gasteiger partial charge in [0.05, 0.1) is 0 Å². The number of nitrogens with zero attached hydrogens (tertiary/aromatic N) is 1. The first-order valence-corrected chi connectivity index (χ1v) is 6.84. The largest absolute Gasteiger partial charge is 0.367 e. The first-order chi connectivity index (χ1) is 8.93. The Morgan fingerprint density at radius 2 is 1.72 bits per heavy atom. The molecule has 1 aliphatic carbocycles. The van der Waals surface area contributed by atoms with Crippen molar-refractivity contribution in [3.63, 3.8) is 0 Å². The molecule has 3 aliphatic rings. The maximum atomic E-state index is 2.65. The van der Waals surface area contributed by atoms with Crippen molar-refractivity contribution in [2.75, 3.05) is 11.4 Å². The van der Waals surface area contributed by atoms with Gasteiger partial charge in [0, 0.05) is 29.6 Å². The van der Waals surface area contributed by atoms with Gasteiger partial charge in [-0.05, 0) is 23.6 Å². The summed E-state index contributed by atoms with van der Waals surface area (Å²) in [7, 11) is 0. The highest BCUT2D eigenvalue weighted by Gasteiger charge is 2.74. The molecule has 1 saturated heterocycles. The molecule has 0 bridgehead atoms. The van der Waals surface area contributed by atoms with Crippen molar-refractivity contribution in [1.29, 1.82) is 0 Å². The van der Waals surface area contributed by atoms with Gasteiger partial charge in [-0.25, -0.2) is 0 Å². The summed E-state index contributed by atoms with van der Waals surface area (Å²) in [5, 5.41) is 0. The monoisotopic (exact) mass is 233 g/mol. The Bertz CT molecular complexity index is 633. The van der Waals surface area contributed by atoms with Crippen LogP contribution in [0.4, 0.5) is 5.69 Å². The topological polar surface area (TPSA) is 3.24 Å².